The summed E-state index contributed by atoms with van der Waals surface area (Å²) in [7, 11) is 1.61. The van der Waals surface area contributed by atoms with Crippen molar-refractivity contribution >= 4 is 17.7 Å². The number of benzene rings is 1. The lowest BCUT2D eigenvalue weighted by Gasteiger charge is -2.34. The van der Waals surface area contributed by atoms with E-state index in [1.54, 1.807) is 36.2 Å². The van der Waals surface area contributed by atoms with E-state index in [0.717, 1.165) is 18.4 Å². The van der Waals surface area contributed by atoms with Crippen LogP contribution in [0.4, 0.5) is 0 Å². The van der Waals surface area contributed by atoms with Crippen molar-refractivity contribution in [2.75, 3.05) is 20.1 Å². The molecule has 1 aliphatic carbocycles. The maximum Gasteiger partial charge on any atom is 0.289 e. The van der Waals surface area contributed by atoms with Gasteiger partial charge in [-0.25, -0.2) is 0 Å². The molecular weight excluding hydrogens is 382 g/mol. The lowest BCUT2D eigenvalue weighted by molar-refractivity contribution is -0.138. The van der Waals surface area contributed by atoms with Gasteiger partial charge >= 0.3 is 0 Å². The average Bonchev–Trinajstić information content (AvgIpc) is 3.49. The van der Waals surface area contributed by atoms with Crippen molar-refractivity contribution in [3.8, 4) is 0 Å². The van der Waals surface area contributed by atoms with E-state index in [4.69, 9.17) is 4.42 Å². The third-order valence-electron chi connectivity index (χ3n) is 5.93. The van der Waals surface area contributed by atoms with Crippen molar-refractivity contribution in [1.82, 2.24) is 15.1 Å². The second-order valence-electron chi connectivity index (χ2n) is 8.02. The van der Waals surface area contributed by atoms with Crippen molar-refractivity contribution in [3.63, 3.8) is 0 Å². The Morgan fingerprint density at radius 2 is 1.77 bits per heavy atom. The van der Waals surface area contributed by atoms with Crippen LogP contribution < -0.4 is 5.32 Å². The zero-order valence-electron chi connectivity index (χ0n) is 17.2. The van der Waals surface area contributed by atoms with E-state index in [-0.39, 0.29) is 23.6 Å². The molecule has 0 bridgehead atoms. The third-order valence-corrected chi connectivity index (χ3v) is 5.93. The number of hydrogen-bond donors (Lipinski definition) is 1. The van der Waals surface area contributed by atoms with Crippen LogP contribution in [-0.2, 0) is 11.3 Å². The largest absolute Gasteiger partial charge is 0.459 e. The molecule has 2 fully saturated rings. The monoisotopic (exact) mass is 409 g/mol. The molecule has 1 saturated carbocycles. The van der Waals surface area contributed by atoms with Gasteiger partial charge in [-0.1, -0.05) is 12.1 Å². The van der Waals surface area contributed by atoms with Crippen molar-refractivity contribution in [2.45, 2.75) is 38.3 Å². The Morgan fingerprint density at radius 1 is 1.07 bits per heavy atom. The van der Waals surface area contributed by atoms with Crippen LogP contribution in [0.15, 0.2) is 47.1 Å². The van der Waals surface area contributed by atoms with Crippen molar-refractivity contribution in [3.05, 3.63) is 59.5 Å². The predicted octanol–water partition coefficient (Wildman–Crippen LogP) is 2.68. The van der Waals surface area contributed by atoms with Crippen LogP contribution in [0.5, 0.6) is 0 Å². The number of rotatable bonds is 6. The van der Waals surface area contributed by atoms with Gasteiger partial charge in [0.1, 0.15) is 0 Å². The molecule has 7 heteroatoms. The molecule has 0 atom stereocenters. The summed E-state index contributed by atoms with van der Waals surface area (Å²) >= 11 is 0. The summed E-state index contributed by atoms with van der Waals surface area (Å²) in [6.07, 6.45) is 4.92. The molecule has 2 aromatic rings. The number of nitrogens with zero attached hydrogens (tertiary/aromatic N) is 2. The molecule has 4 rings (SSSR count). The van der Waals surface area contributed by atoms with E-state index in [9.17, 15) is 14.4 Å². The average molecular weight is 409 g/mol. The smallest absolute Gasteiger partial charge is 0.289 e. The first-order valence-electron chi connectivity index (χ1n) is 10.5. The molecule has 2 aliphatic rings. The Hall–Kier alpha value is -3.09. The molecule has 1 aliphatic heterocycles. The van der Waals surface area contributed by atoms with Gasteiger partial charge in [-0.3, -0.25) is 14.4 Å². The lowest BCUT2D eigenvalue weighted by atomic mass is 9.94. The summed E-state index contributed by atoms with van der Waals surface area (Å²) in [6.45, 7) is 1.69. The number of furan rings is 1. The summed E-state index contributed by atoms with van der Waals surface area (Å²) < 4.78 is 5.21. The zero-order valence-corrected chi connectivity index (χ0v) is 17.2. The molecule has 7 nitrogen and oxygen atoms in total. The zero-order chi connectivity index (χ0) is 21.1. The highest BCUT2D eigenvalue weighted by molar-refractivity contribution is 5.94. The van der Waals surface area contributed by atoms with Crippen LogP contribution in [0.3, 0.4) is 0 Å². The van der Waals surface area contributed by atoms with Gasteiger partial charge in [-0.15, -0.1) is 0 Å². The third kappa shape index (κ3) is 4.40. The first-order chi connectivity index (χ1) is 14.6. The molecule has 158 valence electrons. The lowest BCUT2D eigenvalue weighted by Crippen LogP contribution is -2.44. The molecule has 1 aromatic carbocycles. The molecule has 30 heavy (non-hydrogen) atoms. The summed E-state index contributed by atoms with van der Waals surface area (Å²) in [5.74, 6) is 0.239. The molecule has 0 radical (unpaired) electrons. The van der Waals surface area contributed by atoms with Gasteiger partial charge in [0, 0.05) is 44.2 Å². The Kier molecular flexibility index (Phi) is 5.88. The topological polar surface area (TPSA) is 82.9 Å². The Labute approximate surface area is 176 Å². The molecule has 3 amide bonds. The van der Waals surface area contributed by atoms with Gasteiger partial charge in [-0.05, 0) is 55.5 Å². The minimum atomic E-state index is -0.118. The van der Waals surface area contributed by atoms with Gasteiger partial charge in [-0.2, -0.15) is 0 Å². The minimum Gasteiger partial charge on any atom is -0.459 e. The van der Waals surface area contributed by atoms with E-state index in [2.05, 4.69) is 5.32 Å². The second kappa shape index (κ2) is 8.73. The van der Waals surface area contributed by atoms with Gasteiger partial charge in [0.05, 0.1) is 6.26 Å². The van der Waals surface area contributed by atoms with Crippen LogP contribution in [0.2, 0.25) is 0 Å². The van der Waals surface area contributed by atoms with E-state index in [1.807, 2.05) is 17.0 Å². The number of hydrogen-bond acceptors (Lipinski definition) is 4. The summed E-state index contributed by atoms with van der Waals surface area (Å²) in [5, 5.41) is 2.61. The van der Waals surface area contributed by atoms with E-state index >= 15 is 0 Å². The minimum absolute atomic E-state index is 0.0589. The summed E-state index contributed by atoms with van der Waals surface area (Å²) in [5.41, 5.74) is 1.63. The number of nitrogens with one attached hydrogen (secondary N) is 1. The standard InChI is InChI=1S/C23H27N3O4/c1-24-21(27)17-6-4-16(5-7-17)15-26(19-8-9-19)22(28)18-10-12-25(13-11-18)23(29)20-3-2-14-30-20/h2-7,14,18-19H,8-13,15H2,1H3,(H,24,27). The highest BCUT2D eigenvalue weighted by atomic mass is 16.3. The normalized spacial score (nSPS) is 16.9. The van der Waals surface area contributed by atoms with E-state index in [1.165, 1.54) is 6.26 Å². The second-order valence-corrected chi connectivity index (χ2v) is 8.02. The first-order valence-corrected chi connectivity index (χ1v) is 10.5. The van der Waals surface area contributed by atoms with Crippen molar-refractivity contribution < 1.29 is 18.8 Å². The van der Waals surface area contributed by atoms with E-state index in [0.29, 0.717) is 49.8 Å². The molecule has 2 heterocycles. The van der Waals surface area contributed by atoms with Gasteiger partial charge in [0.25, 0.3) is 11.8 Å². The van der Waals surface area contributed by atoms with Crippen LogP contribution in [-0.4, -0.2) is 53.7 Å². The van der Waals surface area contributed by atoms with Crippen LogP contribution >= 0.6 is 0 Å². The van der Waals surface area contributed by atoms with Crippen molar-refractivity contribution in [2.24, 2.45) is 5.92 Å². The van der Waals surface area contributed by atoms with Crippen LogP contribution in [0.1, 0.15) is 52.2 Å². The first kappa shape index (κ1) is 20.2. The Balaban J connectivity index is 1.36. The van der Waals surface area contributed by atoms with E-state index < -0.39 is 0 Å². The molecule has 1 aromatic heterocycles. The van der Waals surface area contributed by atoms with Gasteiger partial charge < -0.3 is 19.5 Å². The summed E-state index contributed by atoms with van der Waals surface area (Å²) in [6, 6.07) is 11.1. The highest BCUT2D eigenvalue weighted by Gasteiger charge is 2.37. The number of carbonyl (C=O) groups is 3. The quantitative estimate of drug-likeness (QED) is 0.795. The molecular formula is C23H27N3O4. The SMILES string of the molecule is CNC(=O)c1ccc(CN(C(=O)C2CCN(C(=O)c3ccco3)CC2)C2CC2)cc1. The fourth-order valence-electron chi connectivity index (χ4n) is 4.00. The summed E-state index contributed by atoms with van der Waals surface area (Å²) in [4.78, 5) is 41.2. The van der Waals surface area contributed by atoms with Gasteiger partial charge in [0.15, 0.2) is 5.76 Å². The number of amides is 3. The maximum atomic E-state index is 13.3. The number of piperidine rings is 1. The molecule has 0 unspecified atom stereocenters. The molecule has 1 N–H and O–H groups in total. The van der Waals surface area contributed by atoms with Crippen LogP contribution in [0.25, 0.3) is 0 Å². The maximum absolute atomic E-state index is 13.3. The Morgan fingerprint density at radius 3 is 2.33 bits per heavy atom. The number of carbonyl (C=O) groups excluding carboxylic acids is 3. The Bertz CT molecular complexity index is 895. The van der Waals surface area contributed by atoms with Crippen LogP contribution in [0, 0.1) is 5.92 Å². The van der Waals surface area contributed by atoms with Gasteiger partial charge in [0.2, 0.25) is 5.91 Å². The molecule has 0 spiro atoms. The highest BCUT2D eigenvalue weighted by Crippen LogP contribution is 2.32. The molecule has 1 saturated heterocycles. The van der Waals surface area contributed by atoms with Crippen molar-refractivity contribution in [1.29, 1.82) is 0 Å². The fraction of sp³-hybridized carbons (Fsp3) is 0.435. The fourth-order valence-corrected chi connectivity index (χ4v) is 4.00. The number of likely N-dealkylation sites (tertiary alicyclic amines) is 1. The predicted molar refractivity (Wildman–Crippen MR) is 111 cm³/mol.